The summed E-state index contributed by atoms with van der Waals surface area (Å²) in [4.78, 5) is 9.88. The topological polar surface area (TPSA) is 60.7 Å². The minimum absolute atomic E-state index is 0.430. The first-order valence-electron chi connectivity index (χ1n) is 11.2. The number of nitrogens with zero attached hydrogens (tertiary/aromatic N) is 5. The molecule has 2 aliphatic rings. The van der Waals surface area contributed by atoms with Crippen LogP contribution < -0.4 is 15.5 Å². The minimum atomic E-state index is 0.430. The van der Waals surface area contributed by atoms with Crippen LogP contribution in [0.25, 0.3) is 0 Å². The van der Waals surface area contributed by atoms with Gasteiger partial charge in [0.15, 0.2) is 5.96 Å². The third-order valence-corrected chi connectivity index (χ3v) is 6.12. The van der Waals surface area contributed by atoms with Crippen LogP contribution in [0.1, 0.15) is 46.0 Å². The van der Waals surface area contributed by atoms with Gasteiger partial charge < -0.3 is 20.4 Å². The Bertz CT molecular complexity index is 604. The molecule has 7 heteroatoms. The van der Waals surface area contributed by atoms with Crippen LogP contribution >= 0.6 is 0 Å². The predicted molar refractivity (Wildman–Crippen MR) is 117 cm³/mol. The van der Waals surface area contributed by atoms with Gasteiger partial charge in [-0.25, -0.2) is 0 Å². The maximum atomic E-state index is 4.89. The van der Waals surface area contributed by atoms with E-state index in [1.807, 2.05) is 17.9 Å². The van der Waals surface area contributed by atoms with E-state index in [0.29, 0.717) is 6.04 Å². The molecule has 0 aromatic carbocycles. The summed E-state index contributed by atoms with van der Waals surface area (Å²) >= 11 is 0. The molecule has 2 N–H and O–H groups in total. The molecule has 2 fully saturated rings. The maximum absolute atomic E-state index is 4.89. The van der Waals surface area contributed by atoms with Crippen molar-refractivity contribution in [3.8, 4) is 0 Å². The van der Waals surface area contributed by atoms with Crippen molar-refractivity contribution >= 4 is 11.6 Å². The molecule has 1 unspecified atom stereocenters. The zero-order valence-electron chi connectivity index (χ0n) is 18.0. The fourth-order valence-electron chi connectivity index (χ4n) is 4.36. The van der Waals surface area contributed by atoms with Gasteiger partial charge in [-0.05, 0) is 64.6 Å². The van der Waals surface area contributed by atoms with Gasteiger partial charge in [0, 0.05) is 45.5 Å². The van der Waals surface area contributed by atoms with Gasteiger partial charge in [0.2, 0.25) is 0 Å². The van der Waals surface area contributed by atoms with Crippen LogP contribution in [0.5, 0.6) is 0 Å². The van der Waals surface area contributed by atoms with Gasteiger partial charge in [-0.2, -0.15) is 5.10 Å². The Morgan fingerprint density at radius 2 is 2.04 bits per heavy atom. The molecular weight excluding hydrogens is 350 g/mol. The zero-order valence-corrected chi connectivity index (χ0v) is 18.0. The van der Waals surface area contributed by atoms with Crippen LogP contribution in [0, 0.1) is 5.92 Å². The predicted octanol–water partition coefficient (Wildman–Crippen LogP) is 2.07. The van der Waals surface area contributed by atoms with Crippen LogP contribution in [0.2, 0.25) is 0 Å². The number of rotatable bonds is 7. The van der Waals surface area contributed by atoms with Crippen LogP contribution in [-0.4, -0.2) is 72.5 Å². The summed E-state index contributed by atoms with van der Waals surface area (Å²) in [6, 6.07) is 0.430. The molecule has 28 heavy (non-hydrogen) atoms. The fraction of sp³-hybridized carbons (Fsp3) is 0.810. The Morgan fingerprint density at radius 1 is 1.21 bits per heavy atom. The van der Waals surface area contributed by atoms with E-state index in [0.717, 1.165) is 38.1 Å². The van der Waals surface area contributed by atoms with E-state index in [1.165, 1.54) is 57.4 Å². The number of likely N-dealkylation sites (tertiary alicyclic amines) is 1. The average molecular weight is 390 g/mol. The average Bonchev–Trinajstić information content (AvgIpc) is 3.15. The van der Waals surface area contributed by atoms with Crippen molar-refractivity contribution in [2.75, 3.05) is 50.7 Å². The molecule has 1 aromatic heterocycles. The number of piperidine rings is 2. The summed E-state index contributed by atoms with van der Waals surface area (Å²) in [5.41, 5.74) is 1.22. The van der Waals surface area contributed by atoms with E-state index in [2.05, 4.69) is 45.6 Å². The van der Waals surface area contributed by atoms with Crippen molar-refractivity contribution < 1.29 is 0 Å². The Hall–Kier alpha value is -1.76. The second-order valence-corrected chi connectivity index (χ2v) is 8.23. The summed E-state index contributed by atoms with van der Waals surface area (Å²) in [7, 11) is 1.98. The standard InChI is InChI=1S/C21H39N7/c1-4-22-21(23-11-8-18-9-13-27(5-2)14-10-18)25-19-7-6-12-28(16-19)20-15-24-26(3)17-20/h15,17-19H,4-14,16H2,1-3H3,(H2,22,23,25). The first kappa shape index (κ1) is 21.0. The van der Waals surface area contributed by atoms with Gasteiger partial charge in [-0.15, -0.1) is 0 Å². The smallest absolute Gasteiger partial charge is 0.191 e. The van der Waals surface area contributed by atoms with Gasteiger partial charge in [0.25, 0.3) is 0 Å². The molecular formula is C21H39N7. The SMILES string of the molecule is CCNC(=NCCC1CCN(CC)CC1)NC1CCCN(c2cnn(C)c2)C1. The normalized spacial score (nSPS) is 22.5. The Balaban J connectivity index is 1.47. The van der Waals surface area contributed by atoms with E-state index in [9.17, 15) is 0 Å². The summed E-state index contributed by atoms with van der Waals surface area (Å²) in [5, 5.41) is 11.4. The second-order valence-electron chi connectivity index (χ2n) is 8.23. The molecule has 0 bridgehead atoms. The van der Waals surface area contributed by atoms with Crippen LogP contribution in [0.3, 0.4) is 0 Å². The number of hydrogen-bond acceptors (Lipinski definition) is 4. The molecule has 0 aliphatic carbocycles. The lowest BCUT2D eigenvalue weighted by atomic mass is 9.94. The number of aromatic nitrogens is 2. The lowest BCUT2D eigenvalue weighted by Gasteiger charge is -2.34. The van der Waals surface area contributed by atoms with Crippen molar-refractivity contribution in [3.05, 3.63) is 12.4 Å². The van der Waals surface area contributed by atoms with Gasteiger partial charge in [-0.1, -0.05) is 6.92 Å². The lowest BCUT2D eigenvalue weighted by Crippen LogP contribution is -2.51. The maximum Gasteiger partial charge on any atom is 0.191 e. The number of nitrogens with one attached hydrogen (secondary N) is 2. The quantitative estimate of drug-likeness (QED) is 0.552. The van der Waals surface area contributed by atoms with E-state index in [1.54, 1.807) is 0 Å². The molecule has 0 saturated carbocycles. The molecule has 0 amide bonds. The van der Waals surface area contributed by atoms with Crippen molar-refractivity contribution in [2.24, 2.45) is 18.0 Å². The molecule has 0 radical (unpaired) electrons. The third-order valence-electron chi connectivity index (χ3n) is 6.12. The van der Waals surface area contributed by atoms with E-state index >= 15 is 0 Å². The van der Waals surface area contributed by atoms with Gasteiger partial charge in [-0.3, -0.25) is 9.67 Å². The number of anilines is 1. The summed E-state index contributed by atoms with van der Waals surface area (Å²) < 4.78 is 1.88. The summed E-state index contributed by atoms with van der Waals surface area (Å²) in [5.74, 6) is 1.82. The summed E-state index contributed by atoms with van der Waals surface area (Å²) in [6.07, 6.45) is 10.3. The molecule has 1 aromatic rings. The highest BCUT2D eigenvalue weighted by atomic mass is 15.3. The zero-order chi connectivity index (χ0) is 19.8. The Labute approximate surface area is 170 Å². The van der Waals surface area contributed by atoms with Crippen LogP contribution in [0.4, 0.5) is 5.69 Å². The molecule has 158 valence electrons. The minimum Gasteiger partial charge on any atom is -0.367 e. The van der Waals surface area contributed by atoms with E-state index in [-0.39, 0.29) is 0 Å². The molecule has 2 aliphatic heterocycles. The number of aryl methyl sites for hydroxylation is 1. The highest BCUT2D eigenvalue weighted by Crippen LogP contribution is 2.21. The van der Waals surface area contributed by atoms with Crippen molar-refractivity contribution in [1.82, 2.24) is 25.3 Å². The first-order chi connectivity index (χ1) is 13.7. The van der Waals surface area contributed by atoms with Crippen molar-refractivity contribution in [3.63, 3.8) is 0 Å². The van der Waals surface area contributed by atoms with Crippen molar-refractivity contribution in [2.45, 2.75) is 52.0 Å². The van der Waals surface area contributed by atoms with Crippen LogP contribution in [-0.2, 0) is 7.05 Å². The molecule has 0 spiro atoms. The summed E-state index contributed by atoms with van der Waals surface area (Å²) in [6.45, 7) is 12.0. The third kappa shape index (κ3) is 6.12. The van der Waals surface area contributed by atoms with Crippen LogP contribution in [0.15, 0.2) is 17.4 Å². The van der Waals surface area contributed by atoms with Gasteiger partial charge in [0.1, 0.15) is 0 Å². The number of guanidine groups is 1. The van der Waals surface area contributed by atoms with Gasteiger partial charge in [0.05, 0.1) is 11.9 Å². The van der Waals surface area contributed by atoms with E-state index < -0.39 is 0 Å². The lowest BCUT2D eigenvalue weighted by molar-refractivity contribution is 0.188. The van der Waals surface area contributed by atoms with E-state index in [4.69, 9.17) is 4.99 Å². The molecule has 3 rings (SSSR count). The highest BCUT2D eigenvalue weighted by Gasteiger charge is 2.22. The molecule has 7 nitrogen and oxygen atoms in total. The first-order valence-corrected chi connectivity index (χ1v) is 11.2. The molecule has 2 saturated heterocycles. The van der Waals surface area contributed by atoms with Crippen molar-refractivity contribution in [1.29, 1.82) is 0 Å². The Kier molecular flexibility index (Phi) is 8.01. The number of aliphatic imine (C=N–C) groups is 1. The Morgan fingerprint density at radius 3 is 2.71 bits per heavy atom. The second kappa shape index (κ2) is 10.7. The highest BCUT2D eigenvalue weighted by molar-refractivity contribution is 5.80. The largest absolute Gasteiger partial charge is 0.367 e. The number of hydrogen-bond donors (Lipinski definition) is 2. The monoisotopic (exact) mass is 389 g/mol. The molecule has 3 heterocycles. The molecule has 1 atom stereocenters. The fourth-order valence-corrected chi connectivity index (χ4v) is 4.36. The van der Waals surface area contributed by atoms with Gasteiger partial charge >= 0.3 is 0 Å².